The molecule has 1 N–H and O–H groups in total. The standard InChI is InChI=1S/C14H19FN2O/c1-17(2)13(11-8-3-4-9-12(11)15)14(18)16-10-6-5-7-10/h3-4,8-10,13H,5-7H2,1-2H3,(H,16,18)/t13-/m0/s1. The van der Waals surface area contributed by atoms with Gasteiger partial charge in [0.25, 0.3) is 0 Å². The van der Waals surface area contributed by atoms with Crippen LogP contribution >= 0.6 is 0 Å². The second-order valence-electron chi connectivity index (χ2n) is 5.02. The second kappa shape index (κ2) is 5.48. The highest BCUT2D eigenvalue weighted by Gasteiger charge is 2.28. The van der Waals surface area contributed by atoms with Crippen molar-refractivity contribution < 1.29 is 9.18 Å². The van der Waals surface area contributed by atoms with Gasteiger partial charge in [0, 0.05) is 11.6 Å². The minimum Gasteiger partial charge on any atom is -0.352 e. The molecule has 0 aliphatic heterocycles. The van der Waals surface area contributed by atoms with Crippen LogP contribution in [0.3, 0.4) is 0 Å². The summed E-state index contributed by atoms with van der Waals surface area (Å²) in [5.41, 5.74) is 0.430. The molecule has 1 aromatic carbocycles. The van der Waals surface area contributed by atoms with Gasteiger partial charge in [-0.2, -0.15) is 0 Å². The van der Waals surface area contributed by atoms with Gasteiger partial charge in [0.05, 0.1) is 0 Å². The van der Waals surface area contributed by atoms with Crippen molar-refractivity contribution >= 4 is 5.91 Å². The highest BCUT2D eigenvalue weighted by atomic mass is 19.1. The van der Waals surface area contributed by atoms with Crippen LogP contribution in [0.15, 0.2) is 24.3 Å². The van der Waals surface area contributed by atoms with Gasteiger partial charge in [-0.3, -0.25) is 9.69 Å². The van der Waals surface area contributed by atoms with Crippen molar-refractivity contribution in [3.8, 4) is 0 Å². The molecule has 1 saturated carbocycles. The van der Waals surface area contributed by atoms with E-state index in [-0.39, 0.29) is 17.8 Å². The molecule has 4 heteroatoms. The highest BCUT2D eigenvalue weighted by Crippen LogP contribution is 2.24. The van der Waals surface area contributed by atoms with Crippen molar-refractivity contribution in [3.05, 3.63) is 35.6 Å². The molecule has 1 fully saturated rings. The van der Waals surface area contributed by atoms with E-state index in [0.29, 0.717) is 5.56 Å². The van der Waals surface area contributed by atoms with Crippen LogP contribution in [0.4, 0.5) is 4.39 Å². The molecule has 1 aliphatic rings. The zero-order chi connectivity index (χ0) is 13.1. The molecular formula is C14H19FN2O. The van der Waals surface area contributed by atoms with Gasteiger partial charge in [-0.05, 0) is 39.4 Å². The predicted octanol–water partition coefficient (Wildman–Crippen LogP) is 2.10. The van der Waals surface area contributed by atoms with Crippen LogP contribution in [0.25, 0.3) is 0 Å². The van der Waals surface area contributed by atoms with Crippen LogP contribution in [0.2, 0.25) is 0 Å². The Hall–Kier alpha value is -1.42. The maximum absolute atomic E-state index is 13.8. The molecule has 0 heterocycles. The molecule has 1 amide bonds. The summed E-state index contributed by atoms with van der Waals surface area (Å²) < 4.78 is 13.8. The summed E-state index contributed by atoms with van der Waals surface area (Å²) in [6.45, 7) is 0. The number of amides is 1. The largest absolute Gasteiger partial charge is 0.352 e. The number of halogens is 1. The summed E-state index contributed by atoms with van der Waals surface area (Å²) in [5, 5.41) is 2.98. The highest BCUT2D eigenvalue weighted by molar-refractivity contribution is 5.83. The van der Waals surface area contributed by atoms with E-state index in [9.17, 15) is 9.18 Å². The Balaban J connectivity index is 2.17. The monoisotopic (exact) mass is 250 g/mol. The van der Waals surface area contributed by atoms with Gasteiger partial charge >= 0.3 is 0 Å². The molecule has 98 valence electrons. The first kappa shape index (κ1) is 13.0. The average molecular weight is 250 g/mol. The molecule has 1 aliphatic carbocycles. The number of carbonyl (C=O) groups is 1. The Morgan fingerprint density at radius 2 is 2.06 bits per heavy atom. The number of nitrogens with zero attached hydrogens (tertiary/aromatic N) is 1. The molecule has 0 saturated heterocycles. The number of hydrogen-bond donors (Lipinski definition) is 1. The predicted molar refractivity (Wildman–Crippen MR) is 68.6 cm³/mol. The molecule has 2 rings (SSSR count). The van der Waals surface area contributed by atoms with Gasteiger partial charge in [-0.15, -0.1) is 0 Å². The maximum atomic E-state index is 13.8. The van der Waals surface area contributed by atoms with Crippen molar-refractivity contribution in [3.63, 3.8) is 0 Å². The van der Waals surface area contributed by atoms with Gasteiger partial charge < -0.3 is 5.32 Å². The van der Waals surface area contributed by atoms with E-state index in [0.717, 1.165) is 19.3 Å². The van der Waals surface area contributed by atoms with E-state index in [1.807, 2.05) is 0 Å². The van der Waals surface area contributed by atoms with Gasteiger partial charge in [-0.1, -0.05) is 18.2 Å². The Morgan fingerprint density at radius 3 is 2.56 bits per heavy atom. The minimum absolute atomic E-state index is 0.116. The fourth-order valence-corrected chi connectivity index (χ4v) is 2.18. The average Bonchev–Trinajstić information content (AvgIpc) is 2.26. The normalized spacial score (nSPS) is 17.3. The van der Waals surface area contributed by atoms with E-state index < -0.39 is 6.04 Å². The van der Waals surface area contributed by atoms with Crippen molar-refractivity contribution in [1.29, 1.82) is 0 Å². The lowest BCUT2D eigenvalue weighted by molar-refractivity contribution is -0.127. The lowest BCUT2D eigenvalue weighted by Gasteiger charge is -2.31. The molecule has 0 unspecified atom stereocenters. The summed E-state index contributed by atoms with van der Waals surface area (Å²) in [6.07, 6.45) is 3.23. The fraction of sp³-hybridized carbons (Fsp3) is 0.500. The minimum atomic E-state index is -0.563. The topological polar surface area (TPSA) is 32.3 Å². The van der Waals surface area contributed by atoms with Gasteiger partial charge in [0.15, 0.2) is 0 Å². The fourth-order valence-electron chi connectivity index (χ4n) is 2.18. The van der Waals surface area contributed by atoms with Gasteiger partial charge in [0.2, 0.25) is 5.91 Å². The molecule has 1 atom stereocenters. The van der Waals surface area contributed by atoms with Crippen LogP contribution in [-0.4, -0.2) is 30.9 Å². The Bertz CT molecular complexity index is 430. The van der Waals surface area contributed by atoms with Crippen molar-refractivity contribution in [2.75, 3.05) is 14.1 Å². The van der Waals surface area contributed by atoms with Gasteiger partial charge in [0.1, 0.15) is 11.9 Å². The Morgan fingerprint density at radius 1 is 1.39 bits per heavy atom. The van der Waals surface area contributed by atoms with Crippen LogP contribution < -0.4 is 5.32 Å². The third kappa shape index (κ3) is 2.70. The van der Waals surface area contributed by atoms with Crippen molar-refractivity contribution in [2.24, 2.45) is 0 Å². The van der Waals surface area contributed by atoms with Crippen molar-refractivity contribution in [1.82, 2.24) is 10.2 Å². The number of nitrogens with one attached hydrogen (secondary N) is 1. The quantitative estimate of drug-likeness (QED) is 0.887. The number of hydrogen-bond acceptors (Lipinski definition) is 2. The molecular weight excluding hydrogens is 231 g/mol. The molecule has 0 radical (unpaired) electrons. The van der Waals surface area contributed by atoms with E-state index in [1.165, 1.54) is 6.07 Å². The van der Waals surface area contributed by atoms with E-state index in [2.05, 4.69) is 5.32 Å². The van der Waals surface area contributed by atoms with Crippen LogP contribution in [0.5, 0.6) is 0 Å². The van der Waals surface area contributed by atoms with Crippen molar-refractivity contribution in [2.45, 2.75) is 31.3 Å². The first-order chi connectivity index (χ1) is 8.59. The molecule has 0 bridgehead atoms. The van der Waals surface area contributed by atoms with Crippen LogP contribution in [0, 0.1) is 5.82 Å². The third-order valence-corrected chi connectivity index (χ3v) is 3.42. The van der Waals surface area contributed by atoms with Gasteiger partial charge in [-0.25, -0.2) is 4.39 Å². The van der Waals surface area contributed by atoms with E-state index in [4.69, 9.17) is 0 Å². The first-order valence-electron chi connectivity index (χ1n) is 6.31. The maximum Gasteiger partial charge on any atom is 0.242 e. The smallest absolute Gasteiger partial charge is 0.242 e. The molecule has 0 aromatic heterocycles. The zero-order valence-corrected chi connectivity index (χ0v) is 10.8. The van der Waals surface area contributed by atoms with Crippen LogP contribution in [-0.2, 0) is 4.79 Å². The summed E-state index contributed by atoms with van der Waals surface area (Å²) in [4.78, 5) is 14.0. The molecule has 1 aromatic rings. The third-order valence-electron chi connectivity index (χ3n) is 3.42. The van der Waals surface area contributed by atoms with E-state index >= 15 is 0 Å². The number of benzene rings is 1. The second-order valence-corrected chi connectivity index (χ2v) is 5.02. The lowest BCUT2D eigenvalue weighted by Crippen LogP contribution is -2.45. The first-order valence-corrected chi connectivity index (χ1v) is 6.31. The number of likely N-dealkylation sites (N-methyl/N-ethyl adjacent to an activating group) is 1. The SMILES string of the molecule is CN(C)[C@H](C(=O)NC1CCC1)c1ccccc1F. The zero-order valence-electron chi connectivity index (χ0n) is 10.8. The summed E-state index contributed by atoms with van der Waals surface area (Å²) in [7, 11) is 3.58. The molecule has 3 nitrogen and oxygen atoms in total. The van der Waals surface area contributed by atoms with Crippen LogP contribution in [0.1, 0.15) is 30.9 Å². The van der Waals surface area contributed by atoms with E-state index in [1.54, 1.807) is 37.2 Å². The Labute approximate surface area is 107 Å². The summed E-state index contributed by atoms with van der Waals surface area (Å²) in [6, 6.07) is 6.16. The Kier molecular flexibility index (Phi) is 3.97. The number of carbonyl (C=O) groups excluding carboxylic acids is 1. The molecule has 0 spiro atoms. The number of rotatable bonds is 4. The lowest BCUT2D eigenvalue weighted by atomic mass is 9.92. The summed E-state index contributed by atoms with van der Waals surface area (Å²) in [5.74, 6) is -0.449. The molecule has 18 heavy (non-hydrogen) atoms. The summed E-state index contributed by atoms with van der Waals surface area (Å²) >= 11 is 0.